The lowest BCUT2D eigenvalue weighted by Gasteiger charge is -2.32. The van der Waals surface area contributed by atoms with E-state index >= 15 is 0 Å². The quantitative estimate of drug-likeness (QED) is 0.740. The van der Waals surface area contributed by atoms with E-state index in [0.717, 1.165) is 17.4 Å². The minimum atomic E-state index is -2.59. The molecular weight excluding hydrogens is 353 g/mol. The third-order valence-electron chi connectivity index (χ3n) is 4.86. The van der Waals surface area contributed by atoms with Crippen LogP contribution in [0.2, 0.25) is 0 Å². The van der Waals surface area contributed by atoms with E-state index in [0.29, 0.717) is 11.6 Å². The summed E-state index contributed by atoms with van der Waals surface area (Å²) < 4.78 is 36.8. The Hall–Kier alpha value is -1.67. The molecule has 2 amide bonds. The zero-order chi connectivity index (χ0) is 20.4. The Morgan fingerprint density at radius 1 is 1.11 bits per heavy atom. The molecule has 0 saturated carbocycles. The number of rotatable bonds is 6. The van der Waals surface area contributed by atoms with E-state index in [-0.39, 0.29) is 0 Å². The van der Waals surface area contributed by atoms with Gasteiger partial charge in [-0.2, -0.15) is 0 Å². The van der Waals surface area contributed by atoms with Gasteiger partial charge in [0.25, 0.3) is 6.43 Å². The largest absolute Gasteiger partial charge is 0.494 e. The molecule has 2 N–H and O–H groups in total. The SMILES string of the molecule is CC(C)Cc1cc(NC(=O)NCC(F)F)cc(B2OC(C)(C)C(C)(C)O2)c1. The molecule has 8 heteroatoms. The van der Waals surface area contributed by atoms with Crippen molar-refractivity contribution in [2.24, 2.45) is 5.92 Å². The molecule has 5 nitrogen and oxygen atoms in total. The summed E-state index contributed by atoms with van der Waals surface area (Å²) in [5.41, 5.74) is 1.36. The third kappa shape index (κ3) is 5.65. The molecule has 1 heterocycles. The average Bonchev–Trinajstić information content (AvgIpc) is 2.72. The molecule has 0 unspecified atom stereocenters. The smallest absolute Gasteiger partial charge is 0.399 e. The maximum Gasteiger partial charge on any atom is 0.494 e. The van der Waals surface area contributed by atoms with Crippen LogP contribution in [0, 0.1) is 5.92 Å². The van der Waals surface area contributed by atoms with Gasteiger partial charge in [0, 0.05) is 5.69 Å². The van der Waals surface area contributed by atoms with Crippen molar-refractivity contribution in [2.45, 2.75) is 65.6 Å². The highest BCUT2D eigenvalue weighted by Crippen LogP contribution is 2.36. The van der Waals surface area contributed by atoms with Crippen LogP contribution in [0.1, 0.15) is 47.1 Å². The lowest BCUT2D eigenvalue weighted by atomic mass is 9.77. The molecule has 2 rings (SSSR count). The normalized spacial score (nSPS) is 18.2. The summed E-state index contributed by atoms with van der Waals surface area (Å²) in [6.07, 6.45) is -1.79. The Labute approximate surface area is 160 Å². The van der Waals surface area contributed by atoms with Crippen LogP contribution in [-0.2, 0) is 15.7 Å². The van der Waals surface area contributed by atoms with Crippen molar-refractivity contribution in [3.8, 4) is 0 Å². The van der Waals surface area contributed by atoms with Crippen LogP contribution in [0.4, 0.5) is 19.3 Å². The van der Waals surface area contributed by atoms with Gasteiger partial charge < -0.3 is 19.9 Å². The van der Waals surface area contributed by atoms with E-state index in [1.165, 1.54) is 0 Å². The molecule has 0 aromatic heterocycles. The first kappa shape index (κ1) is 21.6. The Bertz CT molecular complexity index is 665. The first-order valence-corrected chi connectivity index (χ1v) is 9.22. The summed E-state index contributed by atoms with van der Waals surface area (Å²) in [6, 6.07) is 4.94. The zero-order valence-corrected chi connectivity index (χ0v) is 16.9. The molecule has 0 radical (unpaired) electrons. The van der Waals surface area contributed by atoms with Crippen molar-refractivity contribution < 1.29 is 22.9 Å². The predicted octanol–water partition coefficient (Wildman–Crippen LogP) is 3.57. The van der Waals surface area contributed by atoms with Crippen molar-refractivity contribution in [1.29, 1.82) is 0 Å². The number of amides is 2. The van der Waals surface area contributed by atoms with Gasteiger partial charge in [-0.3, -0.25) is 0 Å². The molecular formula is C19H29BF2N2O3. The first-order chi connectivity index (χ1) is 12.4. The number of carbonyl (C=O) groups is 1. The lowest BCUT2D eigenvalue weighted by Crippen LogP contribution is -2.41. The summed E-state index contributed by atoms with van der Waals surface area (Å²) >= 11 is 0. The molecule has 0 spiro atoms. The number of halogens is 2. The van der Waals surface area contributed by atoms with Crippen molar-refractivity contribution in [3.63, 3.8) is 0 Å². The van der Waals surface area contributed by atoms with Gasteiger partial charge in [0.1, 0.15) is 0 Å². The number of carbonyl (C=O) groups excluding carboxylic acids is 1. The van der Waals surface area contributed by atoms with E-state index in [1.54, 1.807) is 6.07 Å². The van der Waals surface area contributed by atoms with Gasteiger partial charge in [-0.25, -0.2) is 13.6 Å². The van der Waals surface area contributed by atoms with E-state index in [2.05, 4.69) is 24.5 Å². The van der Waals surface area contributed by atoms with Crippen LogP contribution in [0.5, 0.6) is 0 Å². The van der Waals surface area contributed by atoms with Gasteiger partial charge >= 0.3 is 13.1 Å². The van der Waals surface area contributed by atoms with Crippen molar-refractivity contribution >= 4 is 24.3 Å². The van der Waals surface area contributed by atoms with Gasteiger partial charge in [0.05, 0.1) is 17.7 Å². The molecule has 1 aliphatic rings. The molecule has 0 bridgehead atoms. The summed E-state index contributed by atoms with van der Waals surface area (Å²) in [6.45, 7) is 11.4. The van der Waals surface area contributed by atoms with Crippen molar-refractivity contribution in [3.05, 3.63) is 23.8 Å². The van der Waals surface area contributed by atoms with Crippen LogP contribution in [0.25, 0.3) is 0 Å². The molecule has 1 aliphatic heterocycles. The van der Waals surface area contributed by atoms with Gasteiger partial charge in [-0.15, -0.1) is 0 Å². The van der Waals surface area contributed by atoms with Crippen LogP contribution in [-0.4, -0.2) is 37.3 Å². The topological polar surface area (TPSA) is 59.6 Å². The first-order valence-electron chi connectivity index (χ1n) is 9.22. The molecule has 1 fully saturated rings. The number of hydrogen-bond acceptors (Lipinski definition) is 3. The van der Waals surface area contributed by atoms with E-state index in [9.17, 15) is 13.6 Å². The maximum absolute atomic E-state index is 12.3. The number of nitrogens with one attached hydrogen (secondary N) is 2. The maximum atomic E-state index is 12.3. The summed E-state index contributed by atoms with van der Waals surface area (Å²) in [4.78, 5) is 11.9. The van der Waals surface area contributed by atoms with Gasteiger partial charge in [-0.05, 0) is 63.2 Å². The highest BCUT2D eigenvalue weighted by molar-refractivity contribution is 6.62. The second-order valence-electron chi connectivity index (χ2n) is 8.38. The Morgan fingerprint density at radius 3 is 2.22 bits per heavy atom. The fraction of sp³-hybridized carbons (Fsp3) is 0.632. The summed E-state index contributed by atoms with van der Waals surface area (Å²) in [7, 11) is -0.563. The van der Waals surface area contributed by atoms with Crippen LogP contribution in [0.15, 0.2) is 18.2 Å². The number of hydrogen-bond donors (Lipinski definition) is 2. The number of alkyl halides is 2. The third-order valence-corrected chi connectivity index (χ3v) is 4.86. The predicted molar refractivity (Wildman–Crippen MR) is 104 cm³/mol. The summed E-state index contributed by atoms with van der Waals surface area (Å²) in [5.74, 6) is 0.416. The summed E-state index contributed by atoms with van der Waals surface area (Å²) in [5, 5.41) is 4.77. The average molecular weight is 382 g/mol. The Balaban J connectivity index is 2.25. The standard InChI is InChI=1S/C19H29BF2N2O3/c1-12(2)7-13-8-14(20-26-18(3,4)19(5,6)27-20)10-15(9-13)24-17(25)23-11-16(21)22/h8-10,12,16H,7,11H2,1-6H3,(H2,23,24,25). The minimum absolute atomic E-state index is 0.416. The zero-order valence-electron chi connectivity index (χ0n) is 16.9. The van der Waals surface area contributed by atoms with Gasteiger partial charge in [0.15, 0.2) is 0 Å². The number of anilines is 1. The second-order valence-corrected chi connectivity index (χ2v) is 8.38. The molecule has 27 heavy (non-hydrogen) atoms. The van der Waals surface area contributed by atoms with Crippen molar-refractivity contribution in [2.75, 3.05) is 11.9 Å². The number of urea groups is 1. The molecule has 0 atom stereocenters. The Morgan fingerprint density at radius 2 is 1.70 bits per heavy atom. The molecule has 1 saturated heterocycles. The van der Waals surface area contributed by atoms with E-state index in [4.69, 9.17) is 9.31 Å². The monoisotopic (exact) mass is 382 g/mol. The molecule has 150 valence electrons. The van der Waals surface area contributed by atoms with Crippen LogP contribution >= 0.6 is 0 Å². The Kier molecular flexibility index (Phi) is 6.53. The van der Waals surface area contributed by atoms with Gasteiger partial charge in [0.2, 0.25) is 0 Å². The van der Waals surface area contributed by atoms with E-state index < -0.39 is 37.3 Å². The number of benzene rings is 1. The highest BCUT2D eigenvalue weighted by Gasteiger charge is 2.51. The molecule has 0 aliphatic carbocycles. The fourth-order valence-corrected chi connectivity index (χ4v) is 2.84. The van der Waals surface area contributed by atoms with Crippen LogP contribution in [0.3, 0.4) is 0 Å². The van der Waals surface area contributed by atoms with Crippen molar-refractivity contribution in [1.82, 2.24) is 5.32 Å². The van der Waals surface area contributed by atoms with Gasteiger partial charge in [-0.1, -0.05) is 19.9 Å². The highest BCUT2D eigenvalue weighted by atomic mass is 19.3. The lowest BCUT2D eigenvalue weighted by molar-refractivity contribution is 0.00578. The van der Waals surface area contributed by atoms with Crippen LogP contribution < -0.4 is 16.1 Å². The van der Waals surface area contributed by atoms with E-state index in [1.807, 2.05) is 39.8 Å². The minimum Gasteiger partial charge on any atom is -0.399 e. The second kappa shape index (κ2) is 8.14. The molecule has 1 aromatic carbocycles. The fourth-order valence-electron chi connectivity index (χ4n) is 2.84. The molecule has 1 aromatic rings.